The molecule has 2 unspecified atom stereocenters. The van der Waals surface area contributed by atoms with Crippen LogP contribution in [0.3, 0.4) is 0 Å². The van der Waals surface area contributed by atoms with Crippen LogP contribution in [0.2, 0.25) is 0 Å². The van der Waals surface area contributed by atoms with Gasteiger partial charge >= 0.3 is 0 Å². The van der Waals surface area contributed by atoms with Crippen molar-refractivity contribution in [1.82, 2.24) is 5.32 Å². The van der Waals surface area contributed by atoms with Gasteiger partial charge < -0.3 is 5.32 Å². The van der Waals surface area contributed by atoms with E-state index in [2.05, 4.69) is 12.2 Å². The average molecular weight is 241 g/mol. The van der Waals surface area contributed by atoms with E-state index in [9.17, 15) is 8.78 Å². The highest BCUT2D eigenvalue weighted by Gasteiger charge is 2.17. The zero-order valence-corrected chi connectivity index (χ0v) is 10.8. The standard InChI is InChI=1S/C14H21F2N/c1-4-8-17-11(3)9-10(2)14-12(15)6-5-7-13(14)16/h5-7,10-11,17H,4,8-9H2,1-3H3. The Morgan fingerprint density at radius 2 is 1.76 bits per heavy atom. The number of halogens is 2. The second kappa shape index (κ2) is 6.70. The molecule has 0 saturated heterocycles. The summed E-state index contributed by atoms with van der Waals surface area (Å²) in [6, 6.07) is 4.31. The van der Waals surface area contributed by atoms with E-state index in [1.54, 1.807) is 0 Å². The summed E-state index contributed by atoms with van der Waals surface area (Å²) in [5.74, 6) is -1.00. The van der Waals surface area contributed by atoms with Crippen LogP contribution in [0.15, 0.2) is 18.2 Å². The summed E-state index contributed by atoms with van der Waals surface area (Å²) in [7, 11) is 0. The molecular weight excluding hydrogens is 220 g/mol. The second-order valence-electron chi connectivity index (χ2n) is 4.63. The van der Waals surface area contributed by atoms with Crippen LogP contribution in [0, 0.1) is 11.6 Å². The lowest BCUT2D eigenvalue weighted by molar-refractivity contribution is 0.453. The maximum atomic E-state index is 13.5. The predicted molar refractivity (Wildman–Crippen MR) is 67.1 cm³/mol. The molecule has 0 spiro atoms. The van der Waals surface area contributed by atoms with Crippen LogP contribution in [0.5, 0.6) is 0 Å². The zero-order valence-electron chi connectivity index (χ0n) is 10.8. The molecule has 2 atom stereocenters. The number of benzene rings is 1. The summed E-state index contributed by atoms with van der Waals surface area (Å²) in [6.45, 7) is 6.95. The van der Waals surface area contributed by atoms with Crippen molar-refractivity contribution in [3.63, 3.8) is 0 Å². The van der Waals surface area contributed by atoms with E-state index in [1.807, 2.05) is 13.8 Å². The maximum absolute atomic E-state index is 13.5. The Hall–Kier alpha value is -0.960. The van der Waals surface area contributed by atoms with Gasteiger partial charge in [0, 0.05) is 11.6 Å². The molecule has 0 fully saturated rings. The van der Waals surface area contributed by atoms with Crippen molar-refractivity contribution in [2.24, 2.45) is 0 Å². The van der Waals surface area contributed by atoms with Gasteiger partial charge in [-0.25, -0.2) is 8.78 Å². The Morgan fingerprint density at radius 1 is 1.18 bits per heavy atom. The molecule has 17 heavy (non-hydrogen) atoms. The third-order valence-corrected chi connectivity index (χ3v) is 2.94. The highest BCUT2D eigenvalue weighted by atomic mass is 19.1. The molecule has 1 nitrogen and oxygen atoms in total. The molecule has 0 aliphatic rings. The first-order valence-corrected chi connectivity index (χ1v) is 6.23. The zero-order chi connectivity index (χ0) is 12.8. The molecule has 0 radical (unpaired) electrons. The monoisotopic (exact) mass is 241 g/mol. The van der Waals surface area contributed by atoms with Crippen molar-refractivity contribution in [2.45, 2.75) is 45.6 Å². The average Bonchev–Trinajstić information content (AvgIpc) is 2.26. The van der Waals surface area contributed by atoms with Crippen molar-refractivity contribution in [1.29, 1.82) is 0 Å². The van der Waals surface area contributed by atoms with Gasteiger partial charge in [-0.2, -0.15) is 0 Å². The molecule has 0 saturated carbocycles. The van der Waals surface area contributed by atoms with Gasteiger partial charge in [-0.15, -0.1) is 0 Å². The van der Waals surface area contributed by atoms with Crippen LogP contribution in [0.4, 0.5) is 8.78 Å². The molecule has 0 aliphatic heterocycles. The fourth-order valence-electron chi connectivity index (χ4n) is 2.10. The van der Waals surface area contributed by atoms with E-state index in [0.717, 1.165) is 19.4 Å². The fourth-order valence-corrected chi connectivity index (χ4v) is 2.10. The molecule has 1 aromatic rings. The molecule has 0 heterocycles. The summed E-state index contributed by atoms with van der Waals surface area (Å²) in [5, 5.41) is 3.33. The minimum atomic E-state index is -0.444. The van der Waals surface area contributed by atoms with Gasteiger partial charge in [-0.05, 0) is 44.4 Å². The van der Waals surface area contributed by atoms with E-state index in [0.29, 0.717) is 0 Å². The van der Waals surface area contributed by atoms with E-state index in [1.165, 1.54) is 18.2 Å². The summed E-state index contributed by atoms with van der Waals surface area (Å²) in [5.41, 5.74) is 0.206. The smallest absolute Gasteiger partial charge is 0.129 e. The van der Waals surface area contributed by atoms with Gasteiger partial charge in [0.2, 0.25) is 0 Å². The van der Waals surface area contributed by atoms with Gasteiger partial charge in [-0.1, -0.05) is 19.9 Å². The van der Waals surface area contributed by atoms with Crippen LogP contribution < -0.4 is 5.32 Å². The normalized spacial score (nSPS) is 14.6. The van der Waals surface area contributed by atoms with Crippen molar-refractivity contribution >= 4 is 0 Å². The molecule has 1 aromatic carbocycles. The minimum absolute atomic E-state index is 0.115. The van der Waals surface area contributed by atoms with Crippen molar-refractivity contribution < 1.29 is 8.78 Å². The minimum Gasteiger partial charge on any atom is -0.314 e. The molecular formula is C14H21F2N. The summed E-state index contributed by atoms with van der Waals surface area (Å²) < 4.78 is 27.1. The first-order chi connectivity index (χ1) is 8.06. The largest absolute Gasteiger partial charge is 0.314 e. The third kappa shape index (κ3) is 4.08. The lowest BCUT2D eigenvalue weighted by atomic mass is 9.93. The van der Waals surface area contributed by atoms with Gasteiger partial charge in [0.1, 0.15) is 11.6 Å². The van der Waals surface area contributed by atoms with E-state index < -0.39 is 11.6 Å². The molecule has 0 amide bonds. The van der Waals surface area contributed by atoms with E-state index in [4.69, 9.17) is 0 Å². The van der Waals surface area contributed by atoms with Crippen molar-refractivity contribution in [3.05, 3.63) is 35.4 Å². The molecule has 3 heteroatoms. The van der Waals surface area contributed by atoms with Gasteiger partial charge in [0.25, 0.3) is 0 Å². The molecule has 96 valence electrons. The number of rotatable bonds is 6. The SMILES string of the molecule is CCCNC(C)CC(C)c1c(F)cccc1F. The molecule has 1 N–H and O–H groups in total. The summed E-state index contributed by atoms with van der Waals surface area (Å²) >= 11 is 0. The number of nitrogens with one attached hydrogen (secondary N) is 1. The highest BCUT2D eigenvalue weighted by Crippen LogP contribution is 2.25. The maximum Gasteiger partial charge on any atom is 0.129 e. The molecule has 0 aliphatic carbocycles. The third-order valence-electron chi connectivity index (χ3n) is 2.94. The van der Waals surface area contributed by atoms with Crippen LogP contribution >= 0.6 is 0 Å². The lowest BCUT2D eigenvalue weighted by Crippen LogP contribution is -2.28. The predicted octanol–water partition coefficient (Wildman–Crippen LogP) is 3.85. The number of hydrogen-bond donors (Lipinski definition) is 1. The molecule has 1 rings (SSSR count). The summed E-state index contributed by atoms with van der Waals surface area (Å²) in [6.07, 6.45) is 1.80. The fraction of sp³-hybridized carbons (Fsp3) is 0.571. The van der Waals surface area contributed by atoms with E-state index in [-0.39, 0.29) is 17.5 Å². The van der Waals surface area contributed by atoms with Crippen LogP contribution in [-0.4, -0.2) is 12.6 Å². The Kier molecular flexibility index (Phi) is 5.56. The summed E-state index contributed by atoms with van der Waals surface area (Å²) in [4.78, 5) is 0. The van der Waals surface area contributed by atoms with Crippen molar-refractivity contribution in [3.8, 4) is 0 Å². The van der Waals surface area contributed by atoms with Crippen LogP contribution in [-0.2, 0) is 0 Å². The Labute approximate surface area is 102 Å². The van der Waals surface area contributed by atoms with Gasteiger partial charge in [-0.3, -0.25) is 0 Å². The Bertz CT molecular complexity index is 332. The van der Waals surface area contributed by atoms with Crippen LogP contribution in [0.25, 0.3) is 0 Å². The second-order valence-corrected chi connectivity index (χ2v) is 4.63. The van der Waals surface area contributed by atoms with Crippen LogP contribution in [0.1, 0.15) is 45.1 Å². The quantitative estimate of drug-likeness (QED) is 0.797. The Morgan fingerprint density at radius 3 is 2.29 bits per heavy atom. The molecule has 0 aromatic heterocycles. The first kappa shape index (κ1) is 14.1. The van der Waals surface area contributed by atoms with Crippen molar-refractivity contribution in [2.75, 3.05) is 6.54 Å². The molecule has 0 bridgehead atoms. The van der Waals surface area contributed by atoms with E-state index >= 15 is 0 Å². The topological polar surface area (TPSA) is 12.0 Å². The van der Waals surface area contributed by atoms with Gasteiger partial charge in [0.15, 0.2) is 0 Å². The van der Waals surface area contributed by atoms with Gasteiger partial charge in [0.05, 0.1) is 0 Å². The Balaban J connectivity index is 2.66. The number of hydrogen-bond acceptors (Lipinski definition) is 1. The first-order valence-electron chi connectivity index (χ1n) is 6.23. The lowest BCUT2D eigenvalue weighted by Gasteiger charge is -2.19. The highest BCUT2D eigenvalue weighted by molar-refractivity contribution is 5.23.